The molecule has 0 aliphatic carbocycles. The van der Waals surface area contributed by atoms with E-state index in [2.05, 4.69) is 10.0 Å². The molecule has 2 atom stereocenters. The van der Waals surface area contributed by atoms with E-state index in [0.29, 0.717) is 35.6 Å². The van der Waals surface area contributed by atoms with Crippen LogP contribution in [0.2, 0.25) is 0 Å². The highest BCUT2D eigenvalue weighted by Gasteiger charge is 2.54. The summed E-state index contributed by atoms with van der Waals surface area (Å²) < 4.78 is 17.2. The van der Waals surface area contributed by atoms with Gasteiger partial charge in [-0.1, -0.05) is 71.9 Å². The van der Waals surface area contributed by atoms with Crippen molar-refractivity contribution in [3.8, 4) is 5.75 Å². The number of carbonyl (C=O) groups is 1. The zero-order valence-corrected chi connectivity index (χ0v) is 20.9. The first-order valence-electron chi connectivity index (χ1n) is 12.2. The third-order valence-electron chi connectivity index (χ3n) is 6.09. The van der Waals surface area contributed by atoms with Gasteiger partial charge in [0.2, 0.25) is 11.4 Å². The Morgan fingerprint density at radius 2 is 1.87 bits per heavy atom. The molecule has 0 radical (unpaired) electrons. The Kier molecular flexibility index (Phi) is 8.77. The summed E-state index contributed by atoms with van der Waals surface area (Å²) in [5.74, 6) is 0.317. The number of esters is 1. The van der Waals surface area contributed by atoms with E-state index < -0.39 is 17.6 Å². The number of hydrogen-bond acceptors (Lipinski definition) is 7. The second-order valence-corrected chi connectivity index (χ2v) is 8.55. The minimum atomic E-state index is -1.47. The first-order valence-corrected chi connectivity index (χ1v) is 12.2. The molecule has 3 aromatic carbocycles. The molecule has 9 heteroatoms. The number of benzene rings is 3. The summed E-state index contributed by atoms with van der Waals surface area (Å²) >= 11 is 0. The molecule has 1 heterocycles. The lowest BCUT2D eigenvalue weighted by Gasteiger charge is -2.29. The third kappa shape index (κ3) is 5.86. The molecule has 0 saturated heterocycles. The smallest absolute Gasteiger partial charge is 0.338 e. The average molecular weight is 513 g/mol. The van der Waals surface area contributed by atoms with Gasteiger partial charge in [0.1, 0.15) is 5.75 Å². The third-order valence-corrected chi connectivity index (χ3v) is 6.09. The molecule has 0 bridgehead atoms. The minimum Gasteiger partial charge on any atom is -0.494 e. The van der Waals surface area contributed by atoms with Gasteiger partial charge in [-0.05, 0) is 35.4 Å². The summed E-state index contributed by atoms with van der Waals surface area (Å²) in [7, 11) is 1.31. The number of aliphatic hydroxyl groups excluding tert-OH is 1. The quantitative estimate of drug-likeness (QED) is 0.112. The van der Waals surface area contributed by atoms with Crippen LogP contribution in [-0.4, -0.2) is 42.8 Å². The van der Waals surface area contributed by atoms with Crippen molar-refractivity contribution in [2.75, 3.05) is 20.3 Å². The number of methoxy groups -OCH3 is 1. The van der Waals surface area contributed by atoms with Crippen molar-refractivity contribution < 1.29 is 24.1 Å². The number of ether oxygens (including phenoxy) is 3. The lowest BCUT2D eigenvalue weighted by atomic mass is 9.84. The van der Waals surface area contributed by atoms with Crippen molar-refractivity contribution in [3.05, 3.63) is 112 Å². The van der Waals surface area contributed by atoms with Gasteiger partial charge in [0.05, 0.1) is 13.7 Å². The van der Waals surface area contributed by atoms with E-state index in [-0.39, 0.29) is 18.9 Å². The van der Waals surface area contributed by atoms with Crippen molar-refractivity contribution in [2.45, 2.75) is 24.5 Å². The maximum atomic E-state index is 13.4. The fourth-order valence-corrected chi connectivity index (χ4v) is 4.23. The van der Waals surface area contributed by atoms with Crippen LogP contribution in [0.4, 0.5) is 5.69 Å². The summed E-state index contributed by atoms with van der Waals surface area (Å²) in [6, 6.07) is 23.8. The summed E-state index contributed by atoms with van der Waals surface area (Å²) in [5.41, 5.74) is 10.1. The van der Waals surface area contributed by atoms with Crippen LogP contribution in [0, 0.1) is 0 Å². The van der Waals surface area contributed by atoms with E-state index in [0.717, 1.165) is 5.56 Å². The van der Waals surface area contributed by atoms with Gasteiger partial charge in [0.25, 0.3) is 0 Å². The monoisotopic (exact) mass is 512 g/mol. The number of hydrogen-bond donors (Lipinski definition) is 1. The lowest BCUT2D eigenvalue weighted by molar-refractivity contribution is -0.149. The second kappa shape index (κ2) is 12.6. The number of nitrogens with zero attached hydrogens (tertiary/aromatic N) is 4. The Hall–Kier alpha value is -4.59. The molecule has 0 fully saturated rings. The molecule has 0 aromatic heterocycles. The number of rotatable bonds is 11. The second-order valence-electron chi connectivity index (χ2n) is 8.55. The fraction of sp³-hybridized carbons (Fsp3) is 0.241. The molecule has 4 rings (SSSR count). The van der Waals surface area contributed by atoms with Gasteiger partial charge < -0.3 is 19.3 Å². The SMILES string of the molecule is COC(=O)[C@]1(C/C=C/c2ccccc2)N=C(c2ccc(OCCCO)cc2)O[C@@H]1c1ccccc1N=[N+]=[N-]. The highest BCUT2D eigenvalue weighted by molar-refractivity contribution is 6.00. The molecule has 0 amide bonds. The Labute approximate surface area is 220 Å². The molecule has 0 spiro atoms. The normalized spacial score (nSPS) is 18.4. The van der Waals surface area contributed by atoms with Crippen LogP contribution in [0.15, 0.2) is 95.0 Å². The molecule has 1 aliphatic heterocycles. The molecule has 9 nitrogen and oxygen atoms in total. The molecule has 0 saturated carbocycles. The Morgan fingerprint density at radius 1 is 1.13 bits per heavy atom. The summed E-state index contributed by atoms with van der Waals surface area (Å²) in [6.45, 7) is 0.445. The van der Waals surface area contributed by atoms with Crippen LogP contribution in [-0.2, 0) is 14.3 Å². The van der Waals surface area contributed by atoms with Crippen molar-refractivity contribution in [2.24, 2.45) is 10.1 Å². The highest BCUT2D eigenvalue weighted by atomic mass is 16.5. The predicted octanol–water partition coefficient (Wildman–Crippen LogP) is 5.92. The predicted molar refractivity (Wildman–Crippen MR) is 144 cm³/mol. The van der Waals surface area contributed by atoms with Gasteiger partial charge in [0, 0.05) is 41.2 Å². The van der Waals surface area contributed by atoms with Crippen LogP contribution >= 0.6 is 0 Å². The maximum Gasteiger partial charge on any atom is 0.338 e. The molecule has 1 N–H and O–H groups in total. The molecule has 194 valence electrons. The summed E-state index contributed by atoms with van der Waals surface area (Å²) in [6.07, 6.45) is 3.57. The Bertz CT molecular complexity index is 1350. The van der Waals surface area contributed by atoms with E-state index in [1.54, 1.807) is 48.5 Å². The average Bonchev–Trinajstić information content (AvgIpc) is 3.34. The van der Waals surface area contributed by atoms with Gasteiger partial charge in [-0.15, -0.1) is 0 Å². The number of aliphatic imine (C=N–C) groups is 1. The fourth-order valence-electron chi connectivity index (χ4n) is 4.23. The zero-order chi connectivity index (χ0) is 26.8. The van der Waals surface area contributed by atoms with Crippen molar-refractivity contribution in [1.82, 2.24) is 0 Å². The van der Waals surface area contributed by atoms with Crippen molar-refractivity contribution in [3.63, 3.8) is 0 Å². The van der Waals surface area contributed by atoms with Crippen LogP contribution in [0.25, 0.3) is 16.5 Å². The maximum absolute atomic E-state index is 13.4. The Balaban J connectivity index is 1.75. The lowest BCUT2D eigenvalue weighted by Crippen LogP contribution is -2.41. The molecular formula is C29H28N4O5. The van der Waals surface area contributed by atoms with Crippen molar-refractivity contribution >= 4 is 23.6 Å². The van der Waals surface area contributed by atoms with Crippen molar-refractivity contribution in [1.29, 1.82) is 0 Å². The van der Waals surface area contributed by atoms with Crippen LogP contribution < -0.4 is 4.74 Å². The van der Waals surface area contributed by atoms with Gasteiger partial charge in [-0.2, -0.15) is 0 Å². The van der Waals surface area contributed by atoms with Gasteiger partial charge >= 0.3 is 5.97 Å². The summed E-state index contributed by atoms with van der Waals surface area (Å²) in [4.78, 5) is 21.2. The standard InChI is InChI=1S/C29H28N4O5/c1-36-28(35)29(18-7-11-21-9-3-2-4-10-21)26(24-12-5-6-13-25(24)32-33-30)38-27(31-29)22-14-16-23(17-15-22)37-20-8-19-34/h2-7,9-17,26,34H,8,18-20H2,1H3/b11-7+/t26-,29-/m1/s1. The Morgan fingerprint density at radius 3 is 2.58 bits per heavy atom. The van der Waals surface area contributed by atoms with Gasteiger partial charge in [-0.25, -0.2) is 9.79 Å². The molecule has 0 unspecified atom stereocenters. The van der Waals surface area contributed by atoms with E-state index >= 15 is 0 Å². The summed E-state index contributed by atoms with van der Waals surface area (Å²) in [5, 5.41) is 12.8. The van der Waals surface area contributed by atoms with Crippen LogP contribution in [0.1, 0.15) is 35.6 Å². The van der Waals surface area contributed by atoms with E-state index in [4.69, 9.17) is 29.8 Å². The number of aliphatic hydroxyl groups is 1. The van der Waals surface area contributed by atoms with Crippen LogP contribution in [0.3, 0.4) is 0 Å². The molecule has 1 aliphatic rings. The van der Waals surface area contributed by atoms with E-state index in [1.807, 2.05) is 42.5 Å². The first-order chi connectivity index (χ1) is 18.6. The molecule has 38 heavy (non-hydrogen) atoms. The number of carbonyl (C=O) groups excluding carboxylic acids is 1. The topological polar surface area (TPSA) is 126 Å². The highest BCUT2D eigenvalue weighted by Crippen LogP contribution is 2.46. The molecular weight excluding hydrogens is 484 g/mol. The first kappa shape index (κ1) is 26.5. The van der Waals surface area contributed by atoms with Gasteiger partial charge in [0.15, 0.2) is 6.10 Å². The number of azide groups is 1. The van der Waals surface area contributed by atoms with E-state index in [1.165, 1.54) is 7.11 Å². The van der Waals surface area contributed by atoms with E-state index in [9.17, 15) is 4.79 Å². The van der Waals surface area contributed by atoms with Gasteiger partial charge in [-0.3, -0.25) is 0 Å². The minimum absolute atomic E-state index is 0.0514. The van der Waals surface area contributed by atoms with Crippen LogP contribution in [0.5, 0.6) is 5.75 Å². The molecule has 3 aromatic rings. The largest absolute Gasteiger partial charge is 0.494 e. The zero-order valence-electron chi connectivity index (χ0n) is 20.9.